The molecule has 2 rings (SSSR count). The van der Waals surface area contributed by atoms with Crippen LogP contribution in [0.2, 0.25) is 0 Å². The number of piperidine rings is 2. The van der Waals surface area contributed by atoms with Crippen LogP contribution in [0.4, 0.5) is 9.59 Å². The van der Waals surface area contributed by atoms with Crippen LogP contribution in [0.1, 0.15) is 68.2 Å². The molecule has 0 aromatic carbocycles. The van der Waals surface area contributed by atoms with Gasteiger partial charge in [0.1, 0.15) is 11.2 Å². The third-order valence-electron chi connectivity index (χ3n) is 5.02. The predicted octanol–water partition coefficient (Wildman–Crippen LogP) is 3.25. The van der Waals surface area contributed by atoms with Crippen molar-refractivity contribution in [3.63, 3.8) is 0 Å². The zero-order chi connectivity index (χ0) is 23.3. The third-order valence-corrected chi connectivity index (χ3v) is 5.02. The number of likely N-dealkylation sites (tertiary alicyclic amines) is 2. The summed E-state index contributed by atoms with van der Waals surface area (Å²) in [6.45, 7) is 17.3. The van der Waals surface area contributed by atoms with E-state index in [1.165, 1.54) is 0 Å². The molecule has 2 heterocycles. The fourth-order valence-corrected chi connectivity index (χ4v) is 3.25. The molecule has 2 aliphatic rings. The smallest absolute Gasteiger partial charge is 0.410 e. The van der Waals surface area contributed by atoms with Crippen molar-refractivity contribution < 1.29 is 29.3 Å². The molecule has 0 aliphatic carbocycles. The molecule has 2 N–H and O–H groups in total. The van der Waals surface area contributed by atoms with Gasteiger partial charge < -0.3 is 29.5 Å². The highest BCUT2D eigenvalue weighted by molar-refractivity contribution is 5.68. The van der Waals surface area contributed by atoms with E-state index in [1.807, 2.05) is 55.4 Å². The zero-order valence-corrected chi connectivity index (χ0v) is 20.0. The van der Waals surface area contributed by atoms with Crippen molar-refractivity contribution in [2.45, 2.75) is 91.6 Å². The Bertz CT molecular complexity index is 519. The number of hydrogen-bond donors (Lipinski definition) is 2. The Morgan fingerprint density at radius 1 is 0.733 bits per heavy atom. The maximum atomic E-state index is 11.7. The lowest BCUT2D eigenvalue weighted by Gasteiger charge is -2.35. The van der Waals surface area contributed by atoms with Gasteiger partial charge in [-0.25, -0.2) is 9.59 Å². The van der Waals surface area contributed by atoms with Crippen molar-refractivity contribution in [1.82, 2.24) is 9.80 Å². The first-order valence-corrected chi connectivity index (χ1v) is 10.9. The second kappa shape index (κ2) is 10.7. The normalized spacial score (nSPS) is 27.7. The number of carbonyl (C=O) groups excluding carboxylic acids is 2. The second-order valence-electron chi connectivity index (χ2n) is 10.5. The van der Waals surface area contributed by atoms with Gasteiger partial charge in [-0.15, -0.1) is 0 Å². The quantitative estimate of drug-likeness (QED) is 0.612. The summed E-state index contributed by atoms with van der Waals surface area (Å²) in [4.78, 5) is 26.7. The van der Waals surface area contributed by atoms with Gasteiger partial charge in [0.2, 0.25) is 0 Å². The molecule has 0 unspecified atom stereocenters. The van der Waals surface area contributed by atoms with Crippen LogP contribution in [0.5, 0.6) is 0 Å². The van der Waals surface area contributed by atoms with E-state index in [-0.39, 0.29) is 36.2 Å². The highest BCUT2D eigenvalue weighted by atomic mass is 16.6. The molecule has 0 spiro atoms. The van der Waals surface area contributed by atoms with Crippen molar-refractivity contribution in [2.24, 2.45) is 11.8 Å². The van der Waals surface area contributed by atoms with Crippen LogP contribution >= 0.6 is 0 Å². The molecule has 0 saturated carbocycles. The minimum atomic E-state index is -0.448. The molecule has 0 radical (unpaired) electrons. The molecule has 0 aromatic heterocycles. The number of rotatable bonds is 0. The third kappa shape index (κ3) is 9.51. The number of aliphatic hydroxyl groups is 2. The van der Waals surface area contributed by atoms with Crippen LogP contribution in [-0.2, 0) is 9.47 Å². The van der Waals surface area contributed by atoms with Crippen molar-refractivity contribution >= 4 is 12.2 Å². The second-order valence-corrected chi connectivity index (χ2v) is 10.5. The van der Waals surface area contributed by atoms with Gasteiger partial charge in [-0.05, 0) is 66.2 Å². The molecule has 2 fully saturated rings. The Kier molecular flexibility index (Phi) is 9.42. The maximum Gasteiger partial charge on any atom is 0.410 e. The number of ether oxygens (including phenoxy) is 2. The largest absolute Gasteiger partial charge is 0.444 e. The average molecular weight is 431 g/mol. The molecule has 0 aromatic rings. The van der Waals surface area contributed by atoms with Gasteiger partial charge >= 0.3 is 12.2 Å². The monoisotopic (exact) mass is 430 g/mol. The lowest BCUT2D eigenvalue weighted by Crippen LogP contribution is -2.46. The van der Waals surface area contributed by atoms with E-state index in [2.05, 4.69) is 0 Å². The lowest BCUT2D eigenvalue weighted by atomic mass is 9.97. The van der Waals surface area contributed by atoms with E-state index in [9.17, 15) is 19.8 Å². The zero-order valence-electron chi connectivity index (χ0n) is 20.0. The van der Waals surface area contributed by atoms with Gasteiger partial charge in [-0.3, -0.25) is 0 Å². The number of carbonyl (C=O) groups is 2. The molecule has 30 heavy (non-hydrogen) atoms. The summed E-state index contributed by atoms with van der Waals surface area (Å²) in [5, 5.41) is 19.1. The fraction of sp³-hybridized carbons (Fsp3) is 0.909. The molecule has 8 heteroatoms. The van der Waals surface area contributed by atoms with Crippen LogP contribution in [0.3, 0.4) is 0 Å². The molecule has 2 amide bonds. The topological polar surface area (TPSA) is 99.5 Å². The maximum absolute atomic E-state index is 11.7. The first kappa shape index (κ1) is 26.5. The van der Waals surface area contributed by atoms with Gasteiger partial charge in [0.15, 0.2) is 0 Å². The molecule has 4 atom stereocenters. The Hall–Kier alpha value is -1.54. The van der Waals surface area contributed by atoms with Crippen LogP contribution in [0.15, 0.2) is 0 Å². The lowest BCUT2D eigenvalue weighted by molar-refractivity contribution is -0.00592. The minimum absolute atomic E-state index is 0.131. The SMILES string of the molecule is C[C@@H]1CN(C(=O)OC(C)(C)C)CC[C@H]1O.C[C@H]1CN(C(=O)OC(C)(C)C)CC[C@@H]1O. The summed E-state index contributed by atoms with van der Waals surface area (Å²) < 4.78 is 10.5. The molecule has 176 valence electrons. The van der Waals surface area contributed by atoms with Gasteiger partial charge in [0.05, 0.1) is 12.2 Å². The molecule has 8 nitrogen and oxygen atoms in total. The van der Waals surface area contributed by atoms with Gasteiger partial charge in [-0.1, -0.05) is 13.8 Å². The number of amides is 2. The summed E-state index contributed by atoms with van der Waals surface area (Å²) in [5.74, 6) is 0.262. The van der Waals surface area contributed by atoms with E-state index in [1.54, 1.807) is 9.80 Å². The molecular formula is C22H42N2O6. The summed E-state index contributed by atoms with van der Waals surface area (Å²) in [6, 6.07) is 0. The minimum Gasteiger partial charge on any atom is -0.444 e. The summed E-state index contributed by atoms with van der Waals surface area (Å²) >= 11 is 0. The number of nitrogens with zero attached hydrogens (tertiary/aromatic N) is 2. The van der Waals surface area contributed by atoms with Crippen molar-refractivity contribution in [3.05, 3.63) is 0 Å². The van der Waals surface area contributed by atoms with Crippen LogP contribution in [-0.4, -0.2) is 81.8 Å². The Morgan fingerprint density at radius 2 is 1.03 bits per heavy atom. The van der Waals surface area contributed by atoms with E-state index >= 15 is 0 Å². The van der Waals surface area contributed by atoms with Crippen LogP contribution < -0.4 is 0 Å². The Labute approximate surface area is 181 Å². The highest BCUT2D eigenvalue weighted by Gasteiger charge is 2.31. The summed E-state index contributed by atoms with van der Waals surface area (Å²) in [7, 11) is 0. The van der Waals surface area contributed by atoms with Gasteiger partial charge in [0, 0.05) is 26.2 Å². The fourth-order valence-electron chi connectivity index (χ4n) is 3.25. The summed E-state index contributed by atoms with van der Waals surface area (Å²) in [6.07, 6.45) is 0.149. The van der Waals surface area contributed by atoms with Crippen LogP contribution in [0.25, 0.3) is 0 Å². The standard InChI is InChI=1S/2C11H21NO3/c2*1-8-7-12(6-5-9(8)13)10(14)15-11(2,3)4/h2*8-9,13H,5-7H2,1-4H3/t2*8-,9-/m10/s1. The number of hydrogen-bond acceptors (Lipinski definition) is 6. The Morgan fingerprint density at radius 3 is 1.27 bits per heavy atom. The molecule has 2 aliphatic heterocycles. The molecular weight excluding hydrogens is 388 g/mol. The van der Waals surface area contributed by atoms with Crippen molar-refractivity contribution in [2.75, 3.05) is 26.2 Å². The average Bonchev–Trinajstić information content (AvgIpc) is 2.57. The van der Waals surface area contributed by atoms with Crippen molar-refractivity contribution in [3.8, 4) is 0 Å². The van der Waals surface area contributed by atoms with Gasteiger partial charge in [-0.2, -0.15) is 0 Å². The van der Waals surface area contributed by atoms with E-state index in [0.29, 0.717) is 39.0 Å². The van der Waals surface area contributed by atoms with Crippen molar-refractivity contribution in [1.29, 1.82) is 0 Å². The first-order valence-electron chi connectivity index (χ1n) is 10.9. The van der Waals surface area contributed by atoms with E-state index in [4.69, 9.17) is 9.47 Å². The molecule has 2 saturated heterocycles. The van der Waals surface area contributed by atoms with E-state index in [0.717, 1.165) is 0 Å². The Balaban J connectivity index is 0.000000300. The number of aliphatic hydroxyl groups excluding tert-OH is 2. The molecule has 0 bridgehead atoms. The predicted molar refractivity (Wildman–Crippen MR) is 115 cm³/mol. The van der Waals surface area contributed by atoms with Gasteiger partial charge in [0.25, 0.3) is 0 Å². The highest BCUT2D eigenvalue weighted by Crippen LogP contribution is 2.20. The van der Waals surface area contributed by atoms with E-state index < -0.39 is 11.2 Å². The summed E-state index contributed by atoms with van der Waals surface area (Å²) in [5.41, 5.74) is -0.896. The van der Waals surface area contributed by atoms with Crippen LogP contribution in [0, 0.1) is 11.8 Å². The first-order chi connectivity index (χ1) is 13.6.